The Morgan fingerprint density at radius 3 is 3.06 bits per heavy atom. The van der Waals surface area contributed by atoms with Crippen molar-refractivity contribution in [3.63, 3.8) is 0 Å². The summed E-state index contributed by atoms with van der Waals surface area (Å²) in [7, 11) is 0. The van der Waals surface area contributed by atoms with Crippen molar-refractivity contribution in [2.24, 2.45) is 11.7 Å². The van der Waals surface area contributed by atoms with E-state index in [1.807, 2.05) is 25.1 Å². The maximum Gasteiger partial charge on any atom is 0.124 e. The average molecular weight is 256 g/mol. The van der Waals surface area contributed by atoms with Crippen molar-refractivity contribution < 1.29 is 9.47 Å². The van der Waals surface area contributed by atoms with Crippen LogP contribution in [0.1, 0.15) is 24.9 Å². The molecule has 1 heterocycles. The highest BCUT2D eigenvalue weighted by molar-refractivity contribution is 6.30. The van der Waals surface area contributed by atoms with E-state index in [2.05, 4.69) is 0 Å². The topological polar surface area (TPSA) is 44.5 Å². The van der Waals surface area contributed by atoms with E-state index < -0.39 is 0 Å². The minimum Gasteiger partial charge on any atom is -0.493 e. The third kappa shape index (κ3) is 3.35. The van der Waals surface area contributed by atoms with E-state index in [-0.39, 0.29) is 6.04 Å². The van der Waals surface area contributed by atoms with E-state index in [1.54, 1.807) is 0 Å². The van der Waals surface area contributed by atoms with Crippen LogP contribution in [-0.2, 0) is 4.74 Å². The molecule has 4 heteroatoms. The molecule has 1 aliphatic heterocycles. The van der Waals surface area contributed by atoms with Crippen LogP contribution in [0.5, 0.6) is 5.75 Å². The zero-order chi connectivity index (χ0) is 12.3. The van der Waals surface area contributed by atoms with Crippen LogP contribution in [0.3, 0.4) is 0 Å². The van der Waals surface area contributed by atoms with Crippen LogP contribution in [-0.4, -0.2) is 19.8 Å². The van der Waals surface area contributed by atoms with Crippen molar-refractivity contribution in [1.29, 1.82) is 0 Å². The summed E-state index contributed by atoms with van der Waals surface area (Å²) in [6.07, 6.45) is 1.07. The van der Waals surface area contributed by atoms with Crippen molar-refractivity contribution in [3.8, 4) is 5.75 Å². The maximum absolute atomic E-state index is 5.96. The Hall–Kier alpha value is -0.770. The van der Waals surface area contributed by atoms with Gasteiger partial charge in [0.2, 0.25) is 0 Å². The number of benzene rings is 1. The third-order valence-corrected chi connectivity index (χ3v) is 3.20. The first kappa shape index (κ1) is 12.7. The largest absolute Gasteiger partial charge is 0.493 e. The molecule has 2 atom stereocenters. The van der Waals surface area contributed by atoms with Crippen molar-refractivity contribution in [1.82, 2.24) is 0 Å². The summed E-state index contributed by atoms with van der Waals surface area (Å²) in [5, 5.41) is 0.689. The van der Waals surface area contributed by atoms with Gasteiger partial charge in [-0.3, -0.25) is 0 Å². The second-order valence-corrected chi connectivity index (χ2v) is 4.95. The second-order valence-electron chi connectivity index (χ2n) is 4.51. The number of halogens is 1. The molecular formula is C13H18ClNO2. The van der Waals surface area contributed by atoms with Gasteiger partial charge in [0.05, 0.1) is 13.2 Å². The second kappa shape index (κ2) is 5.71. The van der Waals surface area contributed by atoms with Crippen LogP contribution < -0.4 is 10.5 Å². The quantitative estimate of drug-likeness (QED) is 0.900. The fourth-order valence-corrected chi connectivity index (χ4v) is 2.11. The molecule has 1 aromatic rings. The molecule has 0 saturated carbocycles. The average Bonchev–Trinajstić information content (AvgIpc) is 2.80. The van der Waals surface area contributed by atoms with E-state index in [4.69, 9.17) is 26.8 Å². The van der Waals surface area contributed by atoms with Crippen LogP contribution in [0.4, 0.5) is 0 Å². The van der Waals surface area contributed by atoms with Crippen molar-refractivity contribution >= 4 is 11.6 Å². The molecule has 1 aliphatic rings. The summed E-state index contributed by atoms with van der Waals surface area (Å²) in [4.78, 5) is 0. The lowest BCUT2D eigenvalue weighted by atomic mass is 10.1. The lowest BCUT2D eigenvalue weighted by Gasteiger charge is -2.16. The molecule has 17 heavy (non-hydrogen) atoms. The first-order valence-corrected chi connectivity index (χ1v) is 6.30. The maximum atomic E-state index is 5.96. The number of hydrogen-bond acceptors (Lipinski definition) is 3. The Balaban J connectivity index is 2.03. The zero-order valence-electron chi connectivity index (χ0n) is 9.99. The van der Waals surface area contributed by atoms with E-state index in [1.165, 1.54) is 0 Å². The molecule has 0 aliphatic carbocycles. The van der Waals surface area contributed by atoms with Gasteiger partial charge in [0.25, 0.3) is 0 Å². The minimum absolute atomic E-state index is 0.0801. The van der Waals surface area contributed by atoms with Crippen molar-refractivity contribution in [2.45, 2.75) is 19.4 Å². The predicted octanol–water partition coefficient (Wildman–Crippen LogP) is 2.78. The molecule has 0 radical (unpaired) electrons. The van der Waals surface area contributed by atoms with Gasteiger partial charge < -0.3 is 15.2 Å². The highest BCUT2D eigenvalue weighted by Crippen LogP contribution is 2.28. The summed E-state index contributed by atoms with van der Waals surface area (Å²) >= 11 is 5.96. The molecule has 1 fully saturated rings. The van der Waals surface area contributed by atoms with Gasteiger partial charge in [-0.25, -0.2) is 0 Å². The van der Waals surface area contributed by atoms with Gasteiger partial charge in [-0.1, -0.05) is 11.6 Å². The normalized spacial score (nSPS) is 21.5. The molecule has 1 saturated heterocycles. The van der Waals surface area contributed by atoms with Crippen LogP contribution in [0, 0.1) is 5.92 Å². The fourth-order valence-electron chi connectivity index (χ4n) is 1.93. The molecule has 1 aromatic carbocycles. The predicted molar refractivity (Wildman–Crippen MR) is 68.5 cm³/mol. The number of hydrogen-bond donors (Lipinski definition) is 1. The van der Waals surface area contributed by atoms with Crippen LogP contribution in [0.15, 0.2) is 18.2 Å². The van der Waals surface area contributed by atoms with E-state index in [0.717, 1.165) is 30.9 Å². The molecule has 0 amide bonds. The minimum atomic E-state index is -0.0801. The number of ether oxygens (including phenoxy) is 2. The molecule has 2 N–H and O–H groups in total. The molecular weight excluding hydrogens is 238 g/mol. The van der Waals surface area contributed by atoms with E-state index >= 15 is 0 Å². The number of rotatable bonds is 4. The van der Waals surface area contributed by atoms with Gasteiger partial charge in [-0.2, -0.15) is 0 Å². The molecule has 0 bridgehead atoms. The van der Waals surface area contributed by atoms with Gasteiger partial charge in [0.15, 0.2) is 0 Å². The van der Waals surface area contributed by atoms with Gasteiger partial charge in [-0.05, 0) is 31.5 Å². The summed E-state index contributed by atoms with van der Waals surface area (Å²) in [5.41, 5.74) is 6.86. The van der Waals surface area contributed by atoms with Crippen LogP contribution in [0.2, 0.25) is 5.02 Å². The molecule has 0 spiro atoms. The molecule has 3 nitrogen and oxygen atoms in total. The first-order chi connectivity index (χ1) is 8.16. The molecule has 94 valence electrons. The number of nitrogens with two attached hydrogens (primary N) is 1. The standard InChI is InChI=1S/C13H18ClNO2/c1-9(15)12-6-11(14)2-3-13(12)17-8-10-4-5-16-7-10/h2-3,6,9-10H,4-5,7-8,15H2,1H3/t9-,10?/m0/s1. The molecule has 1 unspecified atom stereocenters. The summed E-state index contributed by atoms with van der Waals surface area (Å²) in [6.45, 7) is 4.24. The van der Waals surface area contributed by atoms with E-state index in [0.29, 0.717) is 17.5 Å². The fraction of sp³-hybridized carbons (Fsp3) is 0.538. The first-order valence-electron chi connectivity index (χ1n) is 5.92. The van der Waals surface area contributed by atoms with Gasteiger partial charge >= 0.3 is 0 Å². The third-order valence-electron chi connectivity index (χ3n) is 2.96. The summed E-state index contributed by atoms with van der Waals surface area (Å²) in [5.74, 6) is 1.32. The molecule has 2 rings (SSSR count). The zero-order valence-corrected chi connectivity index (χ0v) is 10.7. The van der Waals surface area contributed by atoms with Crippen molar-refractivity contribution in [2.75, 3.05) is 19.8 Å². The Labute approximate surface area is 107 Å². The Morgan fingerprint density at radius 1 is 1.59 bits per heavy atom. The lowest BCUT2D eigenvalue weighted by Crippen LogP contribution is -2.14. The van der Waals surface area contributed by atoms with Crippen molar-refractivity contribution in [3.05, 3.63) is 28.8 Å². The Bertz CT molecular complexity index is 376. The van der Waals surface area contributed by atoms with Crippen LogP contribution in [0.25, 0.3) is 0 Å². The smallest absolute Gasteiger partial charge is 0.124 e. The van der Waals surface area contributed by atoms with Gasteiger partial charge in [-0.15, -0.1) is 0 Å². The summed E-state index contributed by atoms with van der Waals surface area (Å²) < 4.78 is 11.1. The molecule has 0 aromatic heterocycles. The monoisotopic (exact) mass is 255 g/mol. The van der Waals surface area contributed by atoms with Gasteiger partial charge in [0.1, 0.15) is 5.75 Å². The highest BCUT2D eigenvalue weighted by Gasteiger charge is 2.17. The highest BCUT2D eigenvalue weighted by atomic mass is 35.5. The summed E-state index contributed by atoms with van der Waals surface area (Å²) in [6, 6.07) is 5.50. The SMILES string of the molecule is C[C@H](N)c1cc(Cl)ccc1OCC1CCOC1. The van der Waals surface area contributed by atoms with Crippen LogP contribution >= 0.6 is 11.6 Å². The Morgan fingerprint density at radius 2 is 2.41 bits per heavy atom. The van der Waals surface area contributed by atoms with E-state index in [9.17, 15) is 0 Å². The lowest BCUT2D eigenvalue weighted by molar-refractivity contribution is 0.166. The Kier molecular flexibility index (Phi) is 4.26. The van der Waals surface area contributed by atoms with Gasteiger partial charge in [0, 0.05) is 29.2 Å².